The Balaban J connectivity index is 1.54. The van der Waals surface area contributed by atoms with Crippen LogP contribution < -0.4 is 5.56 Å². The van der Waals surface area contributed by atoms with Gasteiger partial charge in [-0.15, -0.1) is 10.2 Å². The molecule has 34 heavy (non-hydrogen) atoms. The Morgan fingerprint density at radius 2 is 1.74 bits per heavy atom. The lowest BCUT2D eigenvalue weighted by molar-refractivity contribution is 0.102. The minimum Gasteiger partial charge on any atom is -0.293 e. The second kappa shape index (κ2) is 8.24. The minimum absolute atomic E-state index is 0.0308. The first-order valence-electron chi connectivity index (χ1n) is 11.9. The zero-order chi connectivity index (χ0) is 23.3. The monoisotopic (exact) mass is 470 g/mol. The summed E-state index contributed by atoms with van der Waals surface area (Å²) in [4.78, 5) is 26.6. The molecule has 1 fully saturated rings. The maximum absolute atomic E-state index is 13.8. The van der Waals surface area contributed by atoms with Gasteiger partial charge in [-0.3, -0.25) is 18.6 Å². The van der Waals surface area contributed by atoms with Crippen molar-refractivity contribution < 1.29 is 4.79 Å². The van der Waals surface area contributed by atoms with Crippen molar-refractivity contribution in [3.63, 3.8) is 0 Å². The number of aryl methyl sites for hydroxylation is 1. The van der Waals surface area contributed by atoms with Crippen LogP contribution in [0.2, 0.25) is 0 Å². The largest absolute Gasteiger partial charge is 0.293 e. The molecule has 0 aliphatic heterocycles. The Morgan fingerprint density at radius 3 is 2.53 bits per heavy atom. The molecule has 1 saturated carbocycles. The van der Waals surface area contributed by atoms with Crippen LogP contribution in [-0.4, -0.2) is 30.7 Å². The third-order valence-electron chi connectivity index (χ3n) is 7.47. The number of ketones is 1. The highest BCUT2D eigenvalue weighted by Crippen LogP contribution is 2.49. The molecule has 0 radical (unpaired) electrons. The van der Waals surface area contributed by atoms with Crippen molar-refractivity contribution in [1.82, 2.24) is 19.2 Å². The van der Waals surface area contributed by atoms with Gasteiger partial charge in [-0.05, 0) is 24.8 Å². The number of benzene rings is 2. The number of rotatable bonds is 4. The van der Waals surface area contributed by atoms with E-state index in [-0.39, 0.29) is 22.5 Å². The van der Waals surface area contributed by atoms with Crippen LogP contribution in [-0.2, 0) is 18.9 Å². The zero-order valence-electron chi connectivity index (χ0n) is 19.2. The molecule has 1 spiro atoms. The predicted octanol–water partition coefficient (Wildman–Crippen LogP) is 4.83. The number of fused-ring (bicyclic) bond motifs is 6. The number of nitrogens with zero attached hydrogens (tertiary/aromatic N) is 4. The van der Waals surface area contributed by atoms with Crippen molar-refractivity contribution >= 4 is 23.3 Å². The van der Waals surface area contributed by atoms with E-state index in [1.54, 1.807) is 11.6 Å². The van der Waals surface area contributed by atoms with E-state index in [9.17, 15) is 9.59 Å². The molecule has 6 rings (SSSR count). The van der Waals surface area contributed by atoms with Gasteiger partial charge in [-0.2, -0.15) is 0 Å². The summed E-state index contributed by atoms with van der Waals surface area (Å²) >= 11 is 1.38. The summed E-state index contributed by atoms with van der Waals surface area (Å²) in [6.07, 6.45) is 6.43. The molecule has 2 heterocycles. The third-order valence-corrected chi connectivity index (χ3v) is 8.39. The molecule has 0 unspecified atom stereocenters. The Labute approximate surface area is 202 Å². The normalized spacial score (nSPS) is 16.4. The number of hydrogen-bond donors (Lipinski definition) is 0. The molecule has 4 aromatic rings. The molecule has 2 aliphatic rings. The molecular formula is C27H26N4O2S. The summed E-state index contributed by atoms with van der Waals surface area (Å²) in [5.41, 5.74) is 4.73. The molecule has 172 valence electrons. The van der Waals surface area contributed by atoms with Crippen molar-refractivity contribution in [2.75, 3.05) is 5.75 Å². The van der Waals surface area contributed by atoms with Crippen molar-refractivity contribution in [2.24, 2.45) is 7.05 Å². The van der Waals surface area contributed by atoms with Crippen molar-refractivity contribution in [3.05, 3.63) is 81.6 Å². The summed E-state index contributed by atoms with van der Waals surface area (Å²) in [6, 6.07) is 17.7. The fourth-order valence-electron chi connectivity index (χ4n) is 5.82. The van der Waals surface area contributed by atoms with Gasteiger partial charge in [0.2, 0.25) is 5.78 Å². The van der Waals surface area contributed by atoms with Crippen LogP contribution in [0.3, 0.4) is 0 Å². The lowest BCUT2D eigenvalue weighted by atomic mass is 9.62. The molecule has 0 bridgehead atoms. The maximum Gasteiger partial charge on any atom is 0.259 e. The average molecular weight is 471 g/mol. The van der Waals surface area contributed by atoms with Crippen LogP contribution in [0, 0.1) is 0 Å². The first-order valence-corrected chi connectivity index (χ1v) is 12.9. The minimum atomic E-state index is -0.156. The first-order chi connectivity index (χ1) is 16.6. The molecule has 0 saturated heterocycles. The topological polar surface area (TPSA) is 69.3 Å². The second-order valence-electron chi connectivity index (χ2n) is 9.46. The summed E-state index contributed by atoms with van der Waals surface area (Å²) < 4.78 is 3.66. The van der Waals surface area contributed by atoms with Gasteiger partial charge >= 0.3 is 0 Å². The zero-order valence-corrected chi connectivity index (χ0v) is 20.0. The molecule has 7 heteroatoms. The summed E-state index contributed by atoms with van der Waals surface area (Å²) in [5.74, 6) is 0.820. The summed E-state index contributed by atoms with van der Waals surface area (Å²) in [5, 5.41) is 9.48. The van der Waals surface area contributed by atoms with E-state index in [2.05, 4.69) is 28.4 Å². The molecular weight excluding hydrogens is 444 g/mol. The smallest absolute Gasteiger partial charge is 0.259 e. The Hall–Kier alpha value is -3.19. The summed E-state index contributed by atoms with van der Waals surface area (Å²) in [7, 11) is 1.78. The number of aromatic nitrogens is 4. The van der Waals surface area contributed by atoms with Gasteiger partial charge in [-0.1, -0.05) is 85.6 Å². The number of hydrogen-bond acceptors (Lipinski definition) is 5. The van der Waals surface area contributed by atoms with Crippen molar-refractivity contribution in [1.29, 1.82) is 0 Å². The standard InChI is InChI=1S/C27H26N4O2S/c1-30-24(33)22-23(20-13-7-6-12-19(20)16-27(22)14-8-3-9-15-27)31-25(30)28-29-26(31)34-17-21(32)18-10-4-2-5-11-18/h2,4-7,10-13H,3,8-9,14-17H2,1H3. The SMILES string of the molecule is Cn1c(=O)c2c(n3c(SCC(=O)c4ccccc4)nnc13)-c1ccccc1CC21CCCCC1. The highest BCUT2D eigenvalue weighted by molar-refractivity contribution is 7.99. The van der Waals surface area contributed by atoms with Gasteiger partial charge in [0.1, 0.15) is 0 Å². The van der Waals surface area contributed by atoms with Crippen LogP contribution in [0.4, 0.5) is 0 Å². The van der Waals surface area contributed by atoms with E-state index in [0.29, 0.717) is 16.5 Å². The van der Waals surface area contributed by atoms with Gasteiger partial charge in [0.15, 0.2) is 10.9 Å². The van der Waals surface area contributed by atoms with Gasteiger partial charge in [0.05, 0.1) is 11.4 Å². The Morgan fingerprint density at radius 1 is 1.00 bits per heavy atom. The highest BCUT2D eigenvalue weighted by atomic mass is 32.2. The number of carbonyl (C=O) groups is 1. The maximum atomic E-state index is 13.8. The average Bonchev–Trinajstić information content (AvgIpc) is 3.30. The van der Waals surface area contributed by atoms with Gasteiger partial charge in [-0.25, -0.2) is 0 Å². The molecule has 2 aromatic carbocycles. The number of carbonyl (C=O) groups excluding carboxylic acids is 1. The van der Waals surface area contributed by atoms with Gasteiger partial charge in [0.25, 0.3) is 5.56 Å². The Bertz CT molecular complexity index is 1470. The van der Waals surface area contributed by atoms with Crippen LogP contribution in [0.1, 0.15) is 53.6 Å². The van der Waals surface area contributed by atoms with E-state index >= 15 is 0 Å². The van der Waals surface area contributed by atoms with Crippen LogP contribution in [0.15, 0.2) is 64.5 Å². The van der Waals surface area contributed by atoms with E-state index in [1.165, 1.54) is 23.7 Å². The predicted molar refractivity (Wildman–Crippen MR) is 134 cm³/mol. The highest BCUT2D eigenvalue weighted by Gasteiger charge is 2.43. The van der Waals surface area contributed by atoms with Gasteiger partial charge < -0.3 is 0 Å². The van der Waals surface area contributed by atoms with Crippen molar-refractivity contribution in [2.45, 2.75) is 49.1 Å². The molecule has 2 aliphatic carbocycles. The fourth-order valence-corrected chi connectivity index (χ4v) is 6.65. The van der Waals surface area contributed by atoms with E-state index < -0.39 is 0 Å². The molecule has 0 atom stereocenters. The van der Waals surface area contributed by atoms with Gasteiger partial charge in [0, 0.05) is 29.2 Å². The van der Waals surface area contributed by atoms with Crippen LogP contribution in [0.25, 0.3) is 17.0 Å². The van der Waals surface area contributed by atoms with Crippen LogP contribution >= 0.6 is 11.8 Å². The van der Waals surface area contributed by atoms with E-state index in [0.717, 1.165) is 48.9 Å². The molecule has 2 aromatic heterocycles. The first kappa shape index (κ1) is 21.4. The van der Waals surface area contributed by atoms with Crippen molar-refractivity contribution in [3.8, 4) is 11.3 Å². The number of thioether (sulfide) groups is 1. The quantitative estimate of drug-likeness (QED) is 0.316. The lowest BCUT2D eigenvalue weighted by Gasteiger charge is -2.42. The molecule has 0 N–H and O–H groups in total. The number of Topliss-reactive ketones (excluding diaryl/α,β-unsaturated/α-hetero) is 1. The van der Waals surface area contributed by atoms with Crippen LogP contribution in [0.5, 0.6) is 0 Å². The van der Waals surface area contributed by atoms with E-state index in [1.807, 2.05) is 40.8 Å². The molecule has 6 nitrogen and oxygen atoms in total. The third kappa shape index (κ3) is 3.25. The Kier molecular flexibility index (Phi) is 5.17. The fraction of sp³-hybridized carbons (Fsp3) is 0.333. The molecule has 0 amide bonds. The summed E-state index contributed by atoms with van der Waals surface area (Å²) in [6.45, 7) is 0. The van der Waals surface area contributed by atoms with E-state index in [4.69, 9.17) is 0 Å². The lowest BCUT2D eigenvalue weighted by Crippen LogP contribution is -2.43. The second-order valence-corrected chi connectivity index (χ2v) is 10.4.